The third-order valence-electron chi connectivity index (χ3n) is 4.51. The molecule has 2 aromatic carbocycles. The Balaban J connectivity index is 1.53. The molecule has 0 atom stereocenters. The maximum atomic E-state index is 12.6. The smallest absolute Gasteiger partial charge is 0.242 e. The lowest BCUT2D eigenvalue weighted by Gasteiger charge is -2.17. The predicted octanol–water partition coefficient (Wildman–Crippen LogP) is 3.65. The standard InChI is InChI=1S/C20H23N3O4S2/c1-14-6-4-7-17-19(14)22-20(28-17)21-18(24)8-5-13-23(2)29(25,26)16-11-9-15(27-3)10-12-16/h4,6-7,9-12H,5,8,13H2,1-3H3,(H,21,22,24). The van der Waals surface area contributed by atoms with Crippen LogP contribution >= 0.6 is 11.3 Å². The molecule has 0 saturated carbocycles. The molecule has 1 heterocycles. The van der Waals surface area contributed by atoms with Crippen molar-refractivity contribution >= 4 is 42.6 Å². The molecule has 0 aliphatic heterocycles. The van der Waals surface area contributed by atoms with E-state index < -0.39 is 10.0 Å². The fourth-order valence-corrected chi connectivity index (χ4v) is 5.00. The van der Waals surface area contributed by atoms with Gasteiger partial charge in [-0.3, -0.25) is 4.79 Å². The first-order valence-electron chi connectivity index (χ1n) is 9.07. The van der Waals surface area contributed by atoms with E-state index in [4.69, 9.17) is 4.74 Å². The summed E-state index contributed by atoms with van der Waals surface area (Å²) in [7, 11) is -0.575. The molecule has 0 spiro atoms. The number of rotatable bonds is 8. The van der Waals surface area contributed by atoms with E-state index in [0.29, 0.717) is 17.3 Å². The average Bonchev–Trinajstić information content (AvgIpc) is 3.11. The van der Waals surface area contributed by atoms with Crippen LogP contribution in [0.2, 0.25) is 0 Å². The third-order valence-corrected chi connectivity index (χ3v) is 7.32. The van der Waals surface area contributed by atoms with Gasteiger partial charge in [0.05, 0.1) is 22.2 Å². The molecular weight excluding hydrogens is 410 g/mol. The fraction of sp³-hybridized carbons (Fsp3) is 0.300. The number of fused-ring (bicyclic) bond motifs is 1. The molecule has 0 unspecified atom stereocenters. The van der Waals surface area contributed by atoms with Crippen LogP contribution in [0.1, 0.15) is 18.4 Å². The number of carbonyl (C=O) groups excluding carboxylic acids is 1. The number of ether oxygens (including phenoxy) is 1. The lowest BCUT2D eigenvalue weighted by atomic mass is 10.2. The van der Waals surface area contributed by atoms with E-state index in [1.165, 1.54) is 41.9 Å². The highest BCUT2D eigenvalue weighted by Crippen LogP contribution is 2.28. The number of aryl methyl sites for hydroxylation is 1. The minimum atomic E-state index is -3.61. The molecule has 0 saturated heterocycles. The monoisotopic (exact) mass is 433 g/mol. The number of amides is 1. The van der Waals surface area contributed by atoms with E-state index in [9.17, 15) is 13.2 Å². The lowest BCUT2D eigenvalue weighted by Crippen LogP contribution is -2.28. The second-order valence-corrected chi connectivity index (χ2v) is 9.67. The Labute approximate surface area is 174 Å². The van der Waals surface area contributed by atoms with Crippen molar-refractivity contribution in [1.82, 2.24) is 9.29 Å². The molecule has 3 rings (SSSR count). The minimum absolute atomic E-state index is 0.183. The predicted molar refractivity (Wildman–Crippen MR) is 115 cm³/mol. The number of para-hydroxylation sites is 1. The molecule has 0 aliphatic carbocycles. The number of sulfonamides is 1. The van der Waals surface area contributed by atoms with Crippen LogP contribution in [0.3, 0.4) is 0 Å². The van der Waals surface area contributed by atoms with Gasteiger partial charge in [-0.2, -0.15) is 0 Å². The summed E-state index contributed by atoms with van der Waals surface area (Å²) in [6.07, 6.45) is 0.610. The number of aromatic nitrogens is 1. The Bertz CT molecular complexity index is 1110. The van der Waals surface area contributed by atoms with Gasteiger partial charge in [0.1, 0.15) is 5.75 Å². The van der Waals surface area contributed by atoms with Gasteiger partial charge in [0.25, 0.3) is 0 Å². The average molecular weight is 434 g/mol. The molecule has 0 bridgehead atoms. The van der Waals surface area contributed by atoms with Crippen molar-refractivity contribution in [3.8, 4) is 5.75 Å². The Kier molecular flexibility index (Phi) is 6.51. The number of thiazole rings is 1. The van der Waals surface area contributed by atoms with Crippen LogP contribution in [0.15, 0.2) is 47.4 Å². The summed E-state index contributed by atoms with van der Waals surface area (Å²) in [5, 5.41) is 3.36. The molecule has 0 fully saturated rings. The van der Waals surface area contributed by atoms with Crippen molar-refractivity contribution in [3.63, 3.8) is 0 Å². The van der Waals surface area contributed by atoms with Gasteiger partial charge in [-0.15, -0.1) is 0 Å². The van der Waals surface area contributed by atoms with Crippen molar-refractivity contribution in [1.29, 1.82) is 0 Å². The highest BCUT2D eigenvalue weighted by atomic mass is 32.2. The van der Waals surface area contributed by atoms with E-state index in [1.54, 1.807) is 12.1 Å². The molecule has 3 aromatic rings. The van der Waals surface area contributed by atoms with E-state index in [-0.39, 0.29) is 23.8 Å². The van der Waals surface area contributed by atoms with Gasteiger partial charge in [0, 0.05) is 20.0 Å². The van der Waals surface area contributed by atoms with Crippen LogP contribution in [0.4, 0.5) is 5.13 Å². The van der Waals surface area contributed by atoms with Crippen LogP contribution in [0, 0.1) is 6.92 Å². The Morgan fingerprint density at radius 1 is 1.21 bits per heavy atom. The zero-order chi connectivity index (χ0) is 21.0. The van der Waals surface area contributed by atoms with Gasteiger partial charge in [-0.05, 0) is 49.2 Å². The first-order chi connectivity index (χ1) is 13.8. The van der Waals surface area contributed by atoms with Crippen molar-refractivity contribution in [2.24, 2.45) is 0 Å². The van der Waals surface area contributed by atoms with Gasteiger partial charge in [0.2, 0.25) is 15.9 Å². The highest BCUT2D eigenvalue weighted by molar-refractivity contribution is 7.89. The molecule has 29 heavy (non-hydrogen) atoms. The normalized spacial score (nSPS) is 11.7. The molecule has 1 N–H and O–H groups in total. The van der Waals surface area contributed by atoms with Gasteiger partial charge < -0.3 is 10.1 Å². The molecule has 0 aliphatic rings. The van der Waals surface area contributed by atoms with Crippen molar-refractivity contribution in [3.05, 3.63) is 48.0 Å². The highest BCUT2D eigenvalue weighted by Gasteiger charge is 2.20. The molecule has 154 valence electrons. The van der Waals surface area contributed by atoms with Gasteiger partial charge in [-0.1, -0.05) is 23.5 Å². The van der Waals surface area contributed by atoms with Gasteiger partial charge >= 0.3 is 0 Å². The zero-order valence-electron chi connectivity index (χ0n) is 16.5. The number of methoxy groups -OCH3 is 1. The first-order valence-corrected chi connectivity index (χ1v) is 11.3. The number of hydrogen-bond donors (Lipinski definition) is 1. The van der Waals surface area contributed by atoms with E-state index in [2.05, 4.69) is 10.3 Å². The van der Waals surface area contributed by atoms with Gasteiger partial charge in [-0.25, -0.2) is 17.7 Å². The zero-order valence-corrected chi connectivity index (χ0v) is 18.1. The van der Waals surface area contributed by atoms with Crippen molar-refractivity contribution in [2.75, 3.05) is 26.0 Å². The maximum Gasteiger partial charge on any atom is 0.242 e. The maximum absolute atomic E-state index is 12.6. The number of hydrogen-bond acceptors (Lipinski definition) is 6. The summed E-state index contributed by atoms with van der Waals surface area (Å²) in [6.45, 7) is 2.22. The summed E-state index contributed by atoms with van der Waals surface area (Å²) in [4.78, 5) is 16.9. The van der Waals surface area contributed by atoms with E-state index >= 15 is 0 Å². The summed E-state index contributed by atoms with van der Waals surface area (Å²) in [6, 6.07) is 12.1. The van der Waals surface area contributed by atoms with Crippen LogP contribution in [0.25, 0.3) is 10.2 Å². The van der Waals surface area contributed by atoms with E-state index in [1.807, 2.05) is 25.1 Å². The summed E-state index contributed by atoms with van der Waals surface area (Å²) in [5.74, 6) is 0.408. The summed E-state index contributed by atoms with van der Waals surface area (Å²) in [5.41, 5.74) is 1.95. The first kappa shape index (κ1) is 21.2. The second kappa shape index (κ2) is 8.89. The SMILES string of the molecule is COc1ccc(S(=O)(=O)N(C)CCCC(=O)Nc2nc3c(C)cccc3s2)cc1. The molecule has 0 radical (unpaired) electrons. The number of nitrogens with zero attached hydrogens (tertiary/aromatic N) is 2. The summed E-state index contributed by atoms with van der Waals surface area (Å²) >= 11 is 1.42. The molecule has 1 aromatic heterocycles. The third kappa shape index (κ3) is 4.92. The topological polar surface area (TPSA) is 88.6 Å². The molecular formula is C20H23N3O4S2. The number of carbonyl (C=O) groups is 1. The van der Waals surface area contributed by atoms with Crippen molar-refractivity contribution in [2.45, 2.75) is 24.7 Å². The summed E-state index contributed by atoms with van der Waals surface area (Å²) < 4.78 is 32.5. The number of anilines is 1. The number of benzene rings is 2. The van der Waals surface area contributed by atoms with Crippen LogP contribution in [-0.2, 0) is 14.8 Å². The fourth-order valence-electron chi connectivity index (χ4n) is 2.83. The van der Waals surface area contributed by atoms with Crippen LogP contribution in [0.5, 0.6) is 5.75 Å². The Morgan fingerprint density at radius 2 is 1.93 bits per heavy atom. The van der Waals surface area contributed by atoms with Crippen LogP contribution in [-0.4, -0.2) is 44.3 Å². The lowest BCUT2D eigenvalue weighted by molar-refractivity contribution is -0.116. The van der Waals surface area contributed by atoms with Crippen molar-refractivity contribution < 1.29 is 17.9 Å². The molecule has 1 amide bonds. The molecule has 7 nitrogen and oxygen atoms in total. The minimum Gasteiger partial charge on any atom is -0.497 e. The second-order valence-electron chi connectivity index (χ2n) is 6.59. The molecule has 9 heteroatoms. The van der Waals surface area contributed by atoms with E-state index in [0.717, 1.165) is 15.8 Å². The van der Waals surface area contributed by atoms with Crippen LogP contribution < -0.4 is 10.1 Å². The van der Waals surface area contributed by atoms with Gasteiger partial charge in [0.15, 0.2) is 5.13 Å². The largest absolute Gasteiger partial charge is 0.497 e. The Hall–Kier alpha value is -2.49. The Morgan fingerprint density at radius 3 is 2.59 bits per heavy atom. The quantitative estimate of drug-likeness (QED) is 0.586. The number of nitrogens with one attached hydrogen (secondary N) is 1.